The summed E-state index contributed by atoms with van der Waals surface area (Å²) in [7, 11) is 0. The second-order valence-corrected chi connectivity index (χ2v) is 4.77. The summed E-state index contributed by atoms with van der Waals surface area (Å²) in [6.45, 7) is 0.815. The number of hydrogen-bond donors (Lipinski definition) is 2. The molecule has 0 spiro atoms. The molecule has 3 N–H and O–H groups in total. The molecule has 2 rings (SSSR count). The topological polar surface area (TPSA) is 55.1 Å². The molecule has 1 aliphatic rings. The second kappa shape index (κ2) is 5.82. The van der Waals surface area contributed by atoms with E-state index >= 15 is 0 Å². The Morgan fingerprint density at radius 1 is 1.24 bits per heavy atom. The van der Waals surface area contributed by atoms with Crippen LogP contribution in [0.4, 0.5) is 0 Å². The Balaban J connectivity index is 1.90. The van der Waals surface area contributed by atoms with Gasteiger partial charge in [0, 0.05) is 12.6 Å². The number of amides is 1. The van der Waals surface area contributed by atoms with Gasteiger partial charge < -0.3 is 11.1 Å². The third kappa shape index (κ3) is 3.30. The van der Waals surface area contributed by atoms with Gasteiger partial charge in [0.2, 0.25) is 5.91 Å². The molecule has 0 heterocycles. The van der Waals surface area contributed by atoms with E-state index in [9.17, 15) is 4.79 Å². The summed E-state index contributed by atoms with van der Waals surface area (Å²) >= 11 is 0. The van der Waals surface area contributed by atoms with Gasteiger partial charge in [-0.1, -0.05) is 43.2 Å². The average molecular weight is 232 g/mol. The smallest absolute Gasteiger partial charge is 0.222 e. The molecule has 0 aliphatic heterocycles. The Kier molecular flexibility index (Phi) is 4.15. The minimum Gasteiger partial charge on any atom is -0.369 e. The van der Waals surface area contributed by atoms with E-state index in [-0.39, 0.29) is 17.9 Å². The third-order valence-electron chi connectivity index (χ3n) is 3.54. The molecule has 0 aromatic heterocycles. The van der Waals surface area contributed by atoms with Crippen molar-refractivity contribution in [2.75, 3.05) is 0 Å². The van der Waals surface area contributed by atoms with Crippen LogP contribution in [0.15, 0.2) is 30.3 Å². The predicted molar refractivity (Wildman–Crippen MR) is 68.2 cm³/mol. The molecule has 1 amide bonds. The maximum absolute atomic E-state index is 11.4. The van der Waals surface area contributed by atoms with Crippen molar-refractivity contribution in [3.05, 3.63) is 35.9 Å². The molecule has 1 saturated carbocycles. The van der Waals surface area contributed by atoms with Gasteiger partial charge in [-0.2, -0.15) is 0 Å². The van der Waals surface area contributed by atoms with Gasteiger partial charge >= 0.3 is 0 Å². The number of primary amides is 1. The van der Waals surface area contributed by atoms with Crippen LogP contribution in [0.3, 0.4) is 0 Å². The molecule has 1 fully saturated rings. The second-order valence-electron chi connectivity index (χ2n) is 4.77. The van der Waals surface area contributed by atoms with Gasteiger partial charge in [0.1, 0.15) is 0 Å². The molecule has 92 valence electrons. The monoisotopic (exact) mass is 232 g/mol. The first-order chi connectivity index (χ1) is 8.27. The molecule has 0 unspecified atom stereocenters. The van der Waals surface area contributed by atoms with E-state index in [1.165, 1.54) is 12.0 Å². The zero-order chi connectivity index (χ0) is 12.1. The SMILES string of the molecule is NC(=O)[C@@H]1CCCC[C@H]1NCc1ccccc1. The highest BCUT2D eigenvalue weighted by Gasteiger charge is 2.28. The van der Waals surface area contributed by atoms with Crippen LogP contribution in [0.2, 0.25) is 0 Å². The number of nitrogens with two attached hydrogens (primary N) is 1. The molecule has 0 radical (unpaired) electrons. The van der Waals surface area contributed by atoms with Crippen LogP contribution in [0.1, 0.15) is 31.2 Å². The summed E-state index contributed by atoms with van der Waals surface area (Å²) in [5.41, 5.74) is 6.70. The molecule has 1 aromatic carbocycles. The minimum absolute atomic E-state index is 0.00691. The Morgan fingerprint density at radius 3 is 2.65 bits per heavy atom. The van der Waals surface area contributed by atoms with Crippen LogP contribution in [0.25, 0.3) is 0 Å². The average Bonchev–Trinajstić information content (AvgIpc) is 2.38. The van der Waals surface area contributed by atoms with Crippen molar-refractivity contribution in [1.82, 2.24) is 5.32 Å². The summed E-state index contributed by atoms with van der Waals surface area (Å²) in [6, 6.07) is 10.5. The Hall–Kier alpha value is -1.35. The van der Waals surface area contributed by atoms with E-state index in [1.807, 2.05) is 18.2 Å². The molecule has 1 aliphatic carbocycles. The molecule has 1 aromatic rings. The Bertz CT molecular complexity index is 364. The fraction of sp³-hybridized carbons (Fsp3) is 0.500. The Morgan fingerprint density at radius 2 is 1.94 bits per heavy atom. The van der Waals surface area contributed by atoms with E-state index in [0.717, 1.165) is 25.8 Å². The van der Waals surface area contributed by atoms with Gasteiger partial charge in [0.05, 0.1) is 5.92 Å². The van der Waals surface area contributed by atoms with Gasteiger partial charge in [-0.3, -0.25) is 4.79 Å². The van der Waals surface area contributed by atoms with Crippen molar-refractivity contribution in [3.63, 3.8) is 0 Å². The molecule has 3 nitrogen and oxygen atoms in total. The molecular weight excluding hydrogens is 212 g/mol. The first-order valence-corrected chi connectivity index (χ1v) is 6.34. The van der Waals surface area contributed by atoms with Crippen molar-refractivity contribution in [2.45, 2.75) is 38.3 Å². The number of hydrogen-bond acceptors (Lipinski definition) is 2. The summed E-state index contributed by atoms with van der Waals surface area (Å²) in [5, 5.41) is 3.47. The van der Waals surface area contributed by atoms with E-state index in [0.29, 0.717) is 0 Å². The summed E-state index contributed by atoms with van der Waals surface area (Å²) in [4.78, 5) is 11.4. The summed E-state index contributed by atoms with van der Waals surface area (Å²) in [6.07, 6.45) is 4.30. The molecule has 2 atom stereocenters. The van der Waals surface area contributed by atoms with Crippen LogP contribution in [-0.2, 0) is 11.3 Å². The van der Waals surface area contributed by atoms with Crippen molar-refractivity contribution < 1.29 is 4.79 Å². The zero-order valence-electron chi connectivity index (χ0n) is 10.1. The van der Waals surface area contributed by atoms with Crippen molar-refractivity contribution in [2.24, 2.45) is 11.7 Å². The van der Waals surface area contributed by atoms with Crippen LogP contribution >= 0.6 is 0 Å². The fourth-order valence-corrected chi connectivity index (χ4v) is 2.56. The maximum Gasteiger partial charge on any atom is 0.222 e. The van der Waals surface area contributed by atoms with E-state index < -0.39 is 0 Å². The van der Waals surface area contributed by atoms with E-state index in [2.05, 4.69) is 17.4 Å². The standard InChI is InChI=1S/C14H20N2O/c15-14(17)12-8-4-5-9-13(12)16-10-11-6-2-1-3-7-11/h1-3,6-7,12-13,16H,4-5,8-10H2,(H2,15,17)/t12-,13-/m1/s1. The molecule has 17 heavy (non-hydrogen) atoms. The largest absolute Gasteiger partial charge is 0.369 e. The minimum atomic E-state index is -0.157. The van der Waals surface area contributed by atoms with Gasteiger partial charge in [-0.25, -0.2) is 0 Å². The van der Waals surface area contributed by atoms with Gasteiger partial charge in [0.15, 0.2) is 0 Å². The molecule has 0 saturated heterocycles. The Labute approximate surface area is 102 Å². The number of carbonyl (C=O) groups excluding carboxylic acids is 1. The molecule has 0 bridgehead atoms. The number of nitrogens with one attached hydrogen (secondary N) is 1. The maximum atomic E-state index is 11.4. The molecule has 3 heteroatoms. The molecular formula is C14H20N2O. The lowest BCUT2D eigenvalue weighted by Crippen LogP contribution is -2.44. The van der Waals surface area contributed by atoms with E-state index in [4.69, 9.17) is 5.73 Å². The fourth-order valence-electron chi connectivity index (χ4n) is 2.56. The first kappa shape index (κ1) is 12.1. The summed E-state index contributed by atoms with van der Waals surface area (Å²) < 4.78 is 0. The van der Waals surface area contributed by atoms with E-state index in [1.54, 1.807) is 0 Å². The summed E-state index contributed by atoms with van der Waals surface area (Å²) in [5.74, 6) is -0.150. The lowest BCUT2D eigenvalue weighted by molar-refractivity contribution is -0.123. The normalized spacial score (nSPS) is 24.5. The highest BCUT2D eigenvalue weighted by atomic mass is 16.1. The zero-order valence-corrected chi connectivity index (χ0v) is 10.1. The predicted octanol–water partition coefficient (Wildman–Crippen LogP) is 1.82. The van der Waals surface area contributed by atoms with Gasteiger partial charge in [-0.05, 0) is 18.4 Å². The van der Waals surface area contributed by atoms with Crippen molar-refractivity contribution in [3.8, 4) is 0 Å². The first-order valence-electron chi connectivity index (χ1n) is 6.34. The van der Waals surface area contributed by atoms with Crippen LogP contribution in [-0.4, -0.2) is 11.9 Å². The van der Waals surface area contributed by atoms with Crippen LogP contribution in [0, 0.1) is 5.92 Å². The number of benzene rings is 1. The quantitative estimate of drug-likeness (QED) is 0.832. The number of rotatable bonds is 4. The van der Waals surface area contributed by atoms with Gasteiger partial charge in [0.25, 0.3) is 0 Å². The lowest BCUT2D eigenvalue weighted by Gasteiger charge is -2.30. The lowest BCUT2D eigenvalue weighted by atomic mass is 9.84. The highest BCUT2D eigenvalue weighted by Crippen LogP contribution is 2.24. The van der Waals surface area contributed by atoms with Crippen molar-refractivity contribution in [1.29, 1.82) is 0 Å². The van der Waals surface area contributed by atoms with Gasteiger partial charge in [-0.15, -0.1) is 0 Å². The van der Waals surface area contributed by atoms with Crippen LogP contribution in [0.5, 0.6) is 0 Å². The number of carbonyl (C=O) groups is 1. The third-order valence-corrected chi connectivity index (χ3v) is 3.54. The van der Waals surface area contributed by atoms with Crippen molar-refractivity contribution >= 4 is 5.91 Å². The van der Waals surface area contributed by atoms with Crippen LogP contribution < -0.4 is 11.1 Å². The highest BCUT2D eigenvalue weighted by molar-refractivity contribution is 5.77.